The Labute approximate surface area is 186 Å². The molecule has 1 N–H and O–H groups in total. The third-order valence-corrected chi connectivity index (χ3v) is 5.06. The lowest BCUT2D eigenvalue weighted by Gasteiger charge is -2.16. The molecule has 0 bridgehead atoms. The second-order valence-electron chi connectivity index (χ2n) is 7.43. The molecular weight excluding hydrogens is 412 g/mol. The summed E-state index contributed by atoms with van der Waals surface area (Å²) in [4.78, 5) is 39.9. The molecule has 0 saturated carbocycles. The van der Waals surface area contributed by atoms with Crippen molar-refractivity contribution >= 4 is 34.4 Å². The summed E-state index contributed by atoms with van der Waals surface area (Å²) in [5.41, 5.74) is 2.34. The fraction of sp³-hybridized carbons (Fsp3) is 0.304. The molecule has 0 aromatic heterocycles. The number of nitrogens with one attached hydrogen (secondary N) is 1. The molecule has 2 amide bonds. The number of benzene rings is 2. The van der Waals surface area contributed by atoms with Crippen molar-refractivity contribution in [3.05, 3.63) is 69.9 Å². The average molecular weight is 438 g/mol. The summed E-state index contributed by atoms with van der Waals surface area (Å²) in [7, 11) is 3.86. The molecule has 9 nitrogen and oxygen atoms in total. The Bertz CT molecular complexity index is 1030. The number of carbonyl (C=O) groups excluding carboxylic acids is 2. The Morgan fingerprint density at radius 3 is 2.25 bits per heavy atom. The van der Waals surface area contributed by atoms with Gasteiger partial charge in [0, 0.05) is 57.4 Å². The SMILES string of the molecule is CCOCCCN1C(=O)C(Nc2ccc(N(C)C)cc2)=C(c2ccc([N+](=O)[O-])cc2)C1=O. The number of rotatable bonds is 10. The maximum Gasteiger partial charge on any atom is 0.278 e. The maximum atomic E-state index is 13.2. The minimum atomic E-state index is -0.509. The smallest absolute Gasteiger partial charge is 0.278 e. The van der Waals surface area contributed by atoms with Gasteiger partial charge in [0.2, 0.25) is 0 Å². The molecule has 2 aromatic rings. The van der Waals surface area contributed by atoms with E-state index >= 15 is 0 Å². The van der Waals surface area contributed by atoms with Gasteiger partial charge in [-0.3, -0.25) is 24.6 Å². The predicted octanol–water partition coefficient (Wildman–Crippen LogP) is 3.28. The second kappa shape index (κ2) is 10.1. The Morgan fingerprint density at radius 2 is 1.69 bits per heavy atom. The highest BCUT2D eigenvalue weighted by atomic mass is 16.6. The second-order valence-corrected chi connectivity index (χ2v) is 7.43. The van der Waals surface area contributed by atoms with Crippen molar-refractivity contribution in [3.63, 3.8) is 0 Å². The van der Waals surface area contributed by atoms with E-state index in [1.807, 2.05) is 50.2 Å². The predicted molar refractivity (Wildman–Crippen MR) is 122 cm³/mol. The monoisotopic (exact) mass is 438 g/mol. The van der Waals surface area contributed by atoms with Gasteiger partial charge in [0.15, 0.2) is 0 Å². The molecule has 32 heavy (non-hydrogen) atoms. The van der Waals surface area contributed by atoms with Gasteiger partial charge in [0.25, 0.3) is 17.5 Å². The van der Waals surface area contributed by atoms with Gasteiger partial charge in [0.1, 0.15) is 5.70 Å². The largest absolute Gasteiger partial charge is 0.382 e. The van der Waals surface area contributed by atoms with Crippen LogP contribution in [0.25, 0.3) is 5.57 Å². The van der Waals surface area contributed by atoms with Gasteiger partial charge in [-0.05, 0) is 55.3 Å². The zero-order valence-corrected chi connectivity index (χ0v) is 18.3. The molecule has 1 aliphatic heterocycles. The highest BCUT2D eigenvalue weighted by molar-refractivity contribution is 6.36. The van der Waals surface area contributed by atoms with E-state index in [1.165, 1.54) is 29.2 Å². The first-order valence-corrected chi connectivity index (χ1v) is 10.3. The number of carbonyl (C=O) groups is 2. The van der Waals surface area contributed by atoms with Crippen LogP contribution in [0.5, 0.6) is 0 Å². The zero-order valence-electron chi connectivity index (χ0n) is 18.3. The molecule has 3 rings (SSSR count). The fourth-order valence-corrected chi connectivity index (χ4v) is 3.37. The van der Waals surface area contributed by atoms with E-state index in [4.69, 9.17) is 4.74 Å². The van der Waals surface area contributed by atoms with Crippen LogP contribution in [0.3, 0.4) is 0 Å². The lowest BCUT2D eigenvalue weighted by atomic mass is 10.0. The van der Waals surface area contributed by atoms with Crippen molar-refractivity contribution in [2.75, 3.05) is 44.1 Å². The highest BCUT2D eigenvalue weighted by Crippen LogP contribution is 2.32. The fourth-order valence-electron chi connectivity index (χ4n) is 3.37. The van der Waals surface area contributed by atoms with Gasteiger partial charge in [0.05, 0.1) is 10.5 Å². The molecule has 0 aliphatic carbocycles. The number of ether oxygens (including phenoxy) is 1. The summed E-state index contributed by atoms with van der Waals surface area (Å²) in [6.07, 6.45) is 0.518. The van der Waals surface area contributed by atoms with Crippen molar-refractivity contribution in [1.29, 1.82) is 0 Å². The molecule has 1 aliphatic rings. The summed E-state index contributed by atoms with van der Waals surface area (Å²) < 4.78 is 5.32. The minimum Gasteiger partial charge on any atom is -0.382 e. The third-order valence-electron chi connectivity index (χ3n) is 5.06. The zero-order chi connectivity index (χ0) is 23.3. The molecule has 0 spiro atoms. The molecule has 2 aromatic carbocycles. The van der Waals surface area contributed by atoms with Crippen LogP contribution in [0, 0.1) is 10.1 Å². The van der Waals surface area contributed by atoms with Gasteiger partial charge in [-0.15, -0.1) is 0 Å². The van der Waals surface area contributed by atoms with Crippen molar-refractivity contribution in [2.45, 2.75) is 13.3 Å². The normalized spacial score (nSPS) is 13.7. The Kier molecular flexibility index (Phi) is 7.21. The van der Waals surface area contributed by atoms with Gasteiger partial charge in [-0.25, -0.2) is 0 Å². The summed E-state index contributed by atoms with van der Waals surface area (Å²) in [6, 6.07) is 13.1. The number of anilines is 2. The van der Waals surface area contributed by atoms with E-state index in [0.29, 0.717) is 30.9 Å². The molecule has 0 unspecified atom stereocenters. The van der Waals surface area contributed by atoms with E-state index in [0.717, 1.165) is 5.69 Å². The van der Waals surface area contributed by atoms with E-state index < -0.39 is 16.7 Å². The number of imide groups is 1. The van der Waals surface area contributed by atoms with Crippen molar-refractivity contribution in [3.8, 4) is 0 Å². The number of amides is 2. The summed E-state index contributed by atoms with van der Waals surface area (Å²) >= 11 is 0. The number of nitro benzene ring substituents is 1. The van der Waals surface area contributed by atoms with Crippen LogP contribution in [0.1, 0.15) is 18.9 Å². The molecule has 9 heteroatoms. The lowest BCUT2D eigenvalue weighted by Crippen LogP contribution is -2.34. The number of nitro groups is 1. The maximum absolute atomic E-state index is 13.2. The molecule has 168 valence electrons. The van der Waals surface area contributed by atoms with Crippen molar-refractivity contribution in [1.82, 2.24) is 4.90 Å². The van der Waals surface area contributed by atoms with E-state index in [-0.39, 0.29) is 23.5 Å². The van der Waals surface area contributed by atoms with Gasteiger partial charge in [-0.1, -0.05) is 0 Å². The molecule has 0 fully saturated rings. The third kappa shape index (κ3) is 4.94. The first-order valence-electron chi connectivity index (χ1n) is 10.3. The number of non-ortho nitro benzene ring substituents is 1. The molecule has 0 radical (unpaired) electrons. The van der Waals surface area contributed by atoms with Crippen LogP contribution < -0.4 is 10.2 Å². The molecule has 1 heterocycles. The minimum absolute atomic E-state index is 0.0894. The van der Waals surface area contributed by atoms with Crippen LogP contribution in [-0.4, -0.2) is 55.5 Å². The van der Waals surface area contributed by atoms with E-state index in [1.54, 1.807) is 0 Å². The molecular formula is C23H26N4O5. The van der Waals surface area contributed by atoms with Gasteiger partial charge < -0.3 is 15.0 Å². The van der Waals surface area contributed by atoms with Crippen LogP contribution in [0.15, 0.2) is 54.2 Å². The van der Waals surface area contributed by atoms with Gasteiger partial charge >= 0.3 is 0 Å². The van der Waals surface area contributed by atoms with Crippen LogP contribution in [0.4, 0.5) is 17.1 Å². The first-order chi connectivity index (χ1) is 15.3. The quantitative estimate of drug-likeness (QED) is 0.263. The van der Waals surface area contributed by atoms with Crippen LogP contribution in [-0.2, 0) is 14.3 Å². The average Bonchev–Trinajstić information content (AvgIpc) is 3.01. The topological polar surface area (TPSA) is 105 Å². The van der Waals surface area contributed by atoms with E-state index in [2.05, 4.69) is 5.32 Å². The number of hydrogen-bond donors (Lipinski definition) is 1. The van der Waals surface area contributed by atoms with Gasteiger partial charge in [-0.2, -0.15) is 0 Å². The molecule has 0 atom stereocenters. The van der Waals surface area contributed by atoms with E-state index in [9.17, 15) is 19.7 Å². The summed E-state index contributed by atoms with van der Waals surface area (Å²) in [5, 5.41) is 14.1. The number of hydrogen-bond acceptors (Lipinski definition) is 7. The van der Waals surface area contributed by atoms with Crippen molar-refractivity contribution < 1.29 is 19.2 Å². The van der Waals surface area contributed by atoms with Crippen LogP contribution in [0.2, 0.25) is 0 Å². The Morgan fingerprint density at radius 1 is 1.03 bits per heavy atom. The van der Waals surface area contributed by atoms with Crippen LogP contribution >= 0.6 is 0 Å². The Balaban J connectivity index is 1.94. The summed E-state index contributed by atoms with van der Waals surface area (Å²) in [6.45, 7) is 3.10. The number of nitrogens with zero attached hydrogens (tertiary/aromatic N) is 3. The standard InChI is InChI=1S/C23H26N4O5/c1-4-32-15-5-14-26-22(28)20(16-6-10-19(11-7-16)27(30)31)21(23(26)29)24-17-8-12-18(13-9-17)25(2)3/h6-13,24H,4-5,14-15H2,1-3H3. The highest BCUT2D eigenvalue weighted by Gasteiger charge is 2.39. The molecule has 0 saturated heterocycles. The first kappa shape index (κ1) is 23.0. The summed E-state index contributed by atoms with van der Waals surface area (Å²) in [5.74, 6) is -0.871. The lowest BCUT2D eigenvalue weighted by molar-refractivity contribution is -0.384. The Hall–Kier alpha value is -3.72. The van der Waals surface area contributed by atoms with Crippen molar-refractivity contribution in [2.24, 2.45) is 0 Å².